The summed E-state index contributed by atoms with van der Waals surface area (Å²) in [6.07, 6.45) is 1.63. The van der Waals surface area contributed by atoms with Gasteiger partial charge < -0.3 is 13.4 Å². The van der Waals surface area contributed by atoms with Crippen LogP contribution in [0.5, 0.6) is 0 Å². The second kappa shape index (κ2) is 7.31. The lowest BCUT2D eigenvalue weighted by Crippen LogP contribution is -2.56. The van der Waals surface area contributed by atoms with Crippen LogP contribution in [0, 0.1) is 0 Å². The van der Waals surface area contributed by atoms with Crippen LogP contribution >= 0.6 is 0 Å². The molecule has 0 unspecified atom stereocenters. The second-order valence-electron chi connectivity index (χ2n) is 8.72. The van der Waals surface area contributed by atoms with Crippen molar-refractivity contribution in [1.29, 1.82) is 0 Å². The number of nitrogens with one attached hydrogen (secondary N) is 1. The predicted molar refractivity (Wildman–Crippen MR) is 97.8 cm³/mol. The first-order valence-electron chi connectivity index (χ1n) is 7.35. The molecule has 0 saturated carbocycles. The fourth-order valence-electron chi connectivity index (χ4n) is 1.11. The summed E-state index contributed by atoms with van der Waals surface area (Å²) in [5.41, 5.74) is 0. The van der Waals surface area contributed by atoms with E-state index in [0.29, 0.717) is 0 Å². The molecule has 0 heterocycles. The fraction of sp³-hybridized carbons (Fsp3) is 1.00. The lowest BCUT2D eigenvalue weighted by molar-refractivity contribution is 0.195. The molecule has 4 nitrogen and oxygen atoms in total. The molecule has 0 spiro atoms. The number of hydrogen-bond donors (Lipinski definition) is 1. The zero-order valence-corrected chi connectivity index (χ0v) is 19.1. The van der Waals surface area contributed by atoms with Gasteiger partial charge in [0.05, 0.1) is 14.3 Å². The molecule has 0 aliphatic heterocycles. The summed E-state index contributed by atoms with van der Waals surface area (Å²) in [5.74, 6) is 0. The normalized spacial score (nSPS) is 14.7. The van der Waals surface area contributed by atoms with E-state index in [0.717, 1.165) is 12.5 Å². The molecular formula is C12H35NO3Si4. The van der Waals surface area contributed by atoms with Crippen LogP contribution in [0.3, 0.4) is 0 Å². The Kier molecular flexibility index (Phi) is 7.57. The lowest BCUT2D eigenvalue weighted by Gasteiger charge is -2.33. The maximum Gasteiger partial charge on any atom is 0.284 e. The van der Waals surface area contributed by atoms with Crippen LogP contribution in [-0.2, 0) is 13.4 Å². The summed E-state index contributed by atoms with van der Waals surface area (Å²) >= 11 is 0. The highest BCUT2D eigenvalue weighted by Crippen LogP contribution is 2.12. The van der Waals surface area contributed by atoms with Gasteiger partial charge in [-0.25, -0.2) is 5.15 Å². The Morgan fingerprint density at radius 2 is 1.20 bits per heavy atom. The van der Waals surface area contributed by atoms with Crippen molar-refractivity contribution in [3.05, 3.63) is 0 Å². The Morgan fingerprint density at radius 3 is 1.60 bits per heavy atom. The highest BCUT2D eigenvalue weighted by Gasteiger charge is 2.32. The molecule has 0 bridgehead atoms. The van der Waals surface area contributed by atoms with Gasteiger partial charge in [-0.3, -0.25) is 0 Å². The van der Waals surface area contributed by atoms with Crippen LogP contribution in [0.1, 0.15) is 0 Å². The van der Waals surface area contributed by atoms with Crippen molar-refractivity contribution in [2.45, 2.75) is 65.5 Å². The van der Waals surface area contributed by atoms with Crippen molar-refractivity contribution in [3.8, 4) is 0 Å². The Hall–Kier alpha value is 0.708. The highest BCUT2D eigenvalue weighted by molar-refractivity contribution is 6.78. The molecule has 0 saturated heterocycles. The zero-order chi connectivity index (χ0) is 16.2. The fourth-order valence-corrected chi connectivity index (χ4v) is 9.61. The quantitative estimate of drug-likeness (QED) is 0.507. The first-order valence-corrected chi connectivity index (χ1v) is 20.5. The van der Waals surface area contributed by atoms with Crippen LogP contribution in [0.15, 0.2) is 0 Å². The van der Waals surface area contributed by atoms with Crippen LogP contribution in [0.25, 0.3) is 0 Å². The van der Waals surface area contributed by atoms with Gasteiger partial charge in [0.1, 0.15) is 0 Å². The lowest BCUT2D eigenvalue weighted by atomic mass is 11.7. The minimum absolute atomic E-state index is 0.744. The largest absolute Gasteiger partial charge is 0.418 e. The maximum absolute atomic E-state index is 6.09. The Bertz CT molecular complexity index is 268. The summed E-state index contributed by atoms with van der Waals surface area (Å²) in [6, 6.07) is 0. The molecule has 0 aromatic rings. The second-order valence-corrected chi connectivity index (χ2v) is 26.2. The summed E-state index contributed by atoms with van der Waals surface area (Å²) in [4.78, 5) is 0. The Morgan fingerprint density at radius 1 is 0.700 bits per heavy atom. The van der Waals surface area contributed by atoms with Gasteiger partial charge in [0, 0.05) is 6.23 Å². The number of hydrogen-bond acceptors (Lipinski definition) is 4. The van der Waals surface area contributed by atoms with Crippen molar-refractivity contribution in [1.82, 2.24) is 5.15 Å². The monoisotopic (exact) mass is 353 g/mol. The summed E-state index contributed by atoms with van der Waals surface area (Å²) in [5, 5.41) is 3.24. The Balaban J connectivity index is 4.23. The van der Waals surface area contributed by atoms with Gasteiger partial charge >= 0.3 is 0 Å². The van der Waals surface area contributed by atoms with Crippen molar-refractivity contribution >= 4 is 33.2 Å². The summed E-state index contributed by atoms with van der Waals surface area (Å²) < 4.78 is 18.1. The molecule has 122 valence electrons. The topological polar surface area (TPSA) is 39.7 Å². The number of rotatable bonds is 9. The van der Waals surface area contributed by atoms with E-state index in [1.807, 2.05) is 0 Å². The molecule has 8 heteroatoms. The minimum Gasteiger partial charge on any atom is -0.418 e. The molecule has 0 atom stereocenters. The molecule has 0 radical (unpaired) electrons. The van der Waals surface area contributed by atoms with Gasteiger partial charge in [-0.15, -0.1) is 0 Å². The third-order valence-electron chi connectivity index (χ3n) is 2.29. The molecular weight excluding hydrogens is 318 g/mol. The SMILES string of the molecule is C[Si](C)(C)CO[Si](C)(C)NO[Si](C)(C)CO[Si](C)(C)C. The molecule has 0 rings (SSSR count). The van der Waals surface area contributed by atoms with Crippen molar-refractivity contribution < 1.29 is 13.4 Å². The third-order valence-corrected chi connectivity index (χ3v) is 8.05. The van der Waals surface area contributed by atoms with Crippen molar-refractivity contribution in [2.75, 3.05) is 12.5 Å². The molecule has 0 fully saturated rings. The van der Waals surface area contributed by atoms with Gasteiger partial charge in [0.25, 0.3) is 8.48 Å². The van der Waals surface area contributed by atoms with Crippen molar-refractivity contribution in [3.63, 3.8) is 0 Å². The molecule has 0 aromatic heterocycles. The van der Waals surface area contributed by atoms with Gasteiger partial charge in [0.15, 0.2) is 8.32 Å². The van der Waals surface area contributed by atoms with E-state index in [-0.39, 0.29) is 0 Å². The first-order chi connectivity index (χ1) is 8.62. The van der Waals surface area contributed by atoms with Gasteiger partial charge in [-0.1, -0.05) is 19.6 Å². The van der Waals surface area contributed by atoms with Crippen LogP contribution in [-0.4, -0.2) is 45.6 Å². The van der Waals surface area contributed by atoms with Crippen LogP contribution in [0.2, 0.25) is 65.5 Å². The summed E-state index contributed by atoms with van der Waals surface area (Å²) in [6.45, 7) is 22.2. The van der Waals surface area contributed by atoms with E-state index in [9.17, 15) is 0 Å². The van der Waals surface area contributed by atoms with E-state index >= 15 is 0 Å². The standard InChI is InChI=1S/C12H35NO3Si4/c1-17(2,3)11-15-20(9,10)13-16-19(7,8)12-14-18(4,5)6/h13H,11-12H2,1-10H3. The van der Waals surface area contributed by atoms with Gasteiger partial charge in [-0.2, -0.15) is 0 Å². The van der Waals surface area contributed by atoms with Gasteiger partial charge in [0.2, 0.25) is 8.32 Å². The molecule has 0 aromatic carbocycles. The zero-order valence-electron chi connectivity index (χ0n) is 15.1. The molecule has 20 heavy (non-hydrogen) atoms. The summed E-state index contributed by atoms with van der Waals surface area (Å²) in [7, 11) is -6.42. The first kappa shape index (κ1) is 20.7. The maximum atomic E-state index is 6.09. The van der Waals surface area contributed by atoms with E-state index in [2.05, 4.69) is 70.6 Å². The van der Waals surface area contributed by atoms with Crippen LogP contribution in [0.4, 0.5) is 0 Å². The average molecular weight is 354 g/mol. The van der Waals surface area contributed by atoms with E-state index in [1.165, 1.54) is 0 Å². The minimum atomic E-state index is -1.94. The van der Waals surface area contributed by atoms with E-state index in [4.69, 9.17) is 13.4 Å². The predicted octanol–water partition coefficient (Wildman–Crippen LogP) is 3.70. The van der Waals surface area contributed by atoms with E-state index < -0.39 is 33.2 Å². The molecule has 0 aliphatic rings. The molecule has 0 amide bonds. The molecule has 0 aliphatic carbocycles. The smallest absolute Gasteiger partial charge is 0.284 e. The van der Waals surface area contributed by atoms with E-state index in [1.54, 1.807) is 0 Å². The highest BCUT2D eigenvalue weighted by atomic mass is 28.4. The third kappa shape index (κ3) is 12.4. The molecule has 1 N–H and O–H groups in total. The average Bonchev–Trinajstić information content (AvgIpc) is 2.20. The van der Waals surface area contributed by atoms with Crippen molar-refractivity contribution in [2.24, 2.45) is 0 Å². The van der Waals surface area contributed by atoms with Gasteiger partial charge in [-0.05, 0) is 45.8 Å². The van der Waals surface area contributed by atoms with Crippen LogP contribution < -0.4 is 5.15 Å². The Labute approximate surface area is 130 Å².